The topological polar surface area (TPSA) is 8.17 Å². The van der Waals surface area contributed by atoms with Gasteiger partial charge in [-0.05, 0) is 147 Å². The van der Waals surface area contributed by atoms with Crippen LogP contribution in [0.1, 0.15) is 87.2 Å². The highest BCUT2D eigenvalue weighted by Gasteiger charge is 2.45. The van der Waals surface area contributed by atoms with E-state index in [9.17, 15) is 0 Å². The Bertz CT molecular complexity index is 3430. The van der Waals surface area contributed by atoms with E-state index in [1.54, 1.807) is 0 Å². The normalized spacial score (nSPS) is 15.9. The van der Waals surface area contributed by atoms with Crippen LogP contribution in [-0.2, 0) is 0 Å². The first-order valence-corrected chi connectivity index (χ1v) is 29.2. The molecule has 3 heterocycles. The van der Waals surface area contributed by atoms with E-state index in [1.807, 2.05) is 11.8 Å². The molecule has 0 spiro atoms. The number of nitrogens with zero attached hydrogens (tertiary/aromatic N) is 2. The van der Waals surface area contributed by atoms with Gasteiger partial charge in [-0.25, -0.2) is 0 Å². The number of aromatic nitrogens is 1. The second-order valence-electron chi connectivity index (χ2n) is 20.8. The zero-order valence-electron chi connectivity index (χ0n) is 40.3. The number of hydrogen-bond acceptors (Lipinski definition) is 2. The van der Waals surface area contributed by atoms with Gasteiger partial charge in [0.2, 0.25) is 6.71 Å². The van der Waals surface area contributed by atoms with Gasteiger partial charge in [-0.15, -0.1) is 0 Å². The molecule has 0 amide bonds. The fourth-order valence-corrected chi connectivity index (χ4v) is 19.8. The lowest BCUT2D eigenvalue weighted by Gasteiger charge is -2.41. The molecule has 2 saturated carbocycles. The summed E-state index contributed by atoms with van der Waals surface area (Å²) in [6.07, 6.45) is 13.3. The third-order valence-corrected chi connectivity index (χ3v) is 22.9. The van der Waals surface area contributed by atoms with Gasteiger partial charge >= 0.3 is 0 Å². The quantitative estimate of drug-likeness (QED) is 0.111. The van der Waals surface area contributed by atoms with E-state index in [2.05, 4.69) is 222 Å². The van der Waals surface area contributed by atoms with E-state index in [0.717, 1.165) is 0 Å². The maximum Gasteiger partial charge on any atom is 0.249 e. The van der Waals surface area contributed by atoms with Gasteiger partial charge in [-0.3, -0.25) is 0 Å². The SMILES string of the molecule is c1ccc(N2c3cc(-n4c5ccc(C6CCCCC6)cc5c5cc(C6CCCCC6)ccc54)ccc3B3c4ccc([Si](c5ccccc5)(c5ccccc5)c5ccccc5)cc4Sc4cccc2c43)cc1. The molecule has 2 aliphatic carbocycles. The molecule has 5 heteroatoms. The summed E-state index contributed by atoms with van der Waals surface area (Å²) in [5, 5.41) is 8.42. The Morgan fingerprint density at radius 3 is 1.49 bits per heavy atom. The van der Waals surface area contributed by atoms with Crippen molar-refractivity contribution in [2.75, 3.05) is 4.90 Å². The molecule has 0 radical (unpaired) electrons. The molecule has 2 aliphatic heterocycles. The van der Waals surface area contributed by atoms with Gasteiger partial charge in [-0.1, -0.05) is 201 Å². The average Bonchev–Trinajstić information content (AvgIpc) is 3.77. The fraction of sp³-hybridized carbons (Fsp3) is 0.182. The first-order valence-electron chi connectivity index (χ1n) is 26.4. The molecule has 0 N–H and O–H groups in total. The summed E-state index contributed by atoms with van der Waals surface area (Å²) >= 11 is 1.96. The van der Waals surface area contributed by atoms with Gasteiger partial charge in [0.1, 0.15) is 0 Å². The van der Waals surface area contributed by atoms with Crippen LogP contribution in [-0.4, -0.2) is 19.4 Å². The number of fused-ring (bicyclic) bond motifs is 7. The molecule has 0 saturated heterocycles. The maximum atomic E-state index is 2.59. The Morgan fingerprint density at radius 2 is 0.930 bits per heavy atom. The minimum Gasteiger partial charge on any atom is -0.311 e. The summed E-state index contributed by atoms with van der Waals surface area (Å²) in [7, 11) is -2.74. The Balaban J connectivity index is 0.970. The van der Waals surface area contributed by atoms with Crippen LogP contribution in [0.15, 0.2) is 222 Å². The minimum atomic E-state index is -2.74. The fourth-order valence-electron chi connectivity index (χ4n) is 13.7. The van der Waals surface area contributed by atoms with Gasteiger partial charge < -0.3 is 9.47 Å². The monoisotopic (exact) mass is 948 g/mol. The van der Waals surface area contributed by atoms with Crippen molar-refractivity contribution in [2.45, 2.75) is 85.8 Å². The standard InChI is InChI=1S/C66H57BN2SSi/c1-7-20-46(21-8-1)48-34-40-60-56(42-48)57-43-49(47-22-9-2-10-23-47)35-41-61(57)69(60)51-36-38-58-63(44-51)68(50-24-11-3-12-25-50)62-32-19-33-64-66(62)67(58)59-39-37-55(45-65(59)70-64)71(52-26-13-4-14-27-52,53-28-15-5-16-29-53)54-30-17-6-18-31-54/h3-6,11-19,24-47H,1-2,7-10,20-23H2. The second kappa shape index (κ2) is 17.8. The smallest absolute Gasteiger partial charge is 0.249 e. The molecule has 10 aromatic rings. The lowest BCUT2D eigenvalue weighted by atomic mass is 9.35. The van der Waals surface area contributed by atoms with Crippen LogP contribution < -0.4 is 42.0 Å². The highest BCUT2D eigenvalue weighted by atomic mass is 32.2. The predicted molar refractivity (Wildman–Crippen MR) is 306 cm³/mol. The predicted octanol–water partition coefficient (Wildman–Crippen LogP) is 13.0. The van der Waals surface area contributed by atoms with Crippen LogP contribution in [0, 0.1) is 0 Å². The zero-order valence-corrected chi connectivity index (χ0v) is 42.1. The highest BCUT2D eigenvalue weighted by Crippen LogP contribution is 2.44. The average molecular weight is 949 g/mol. The first kappa shape index (κ1) is 43.0. The van der Waals surface area contributed by atoms with E-state index in [4.69, 9.17) is 0 Å². The molecule has 2 nitrogen and oxygen atoms in total. The van der Waals surface area contributed by atoms with E-state index in [-0.39, 0.29) is 6.71 Å². The van der Waals surface area contributed by atoms with Gasteiger partial charge in [0.05, 0.1) is 11.0 Å². The van der Waals surface area contributed by atoms with Crippen molar-refractivity contribution in [1.82, 2.24) is 4.57 Å². The third-order valence-electron chi connectivity index (χ3n) is 17.0. The molecule has 0 bridgehead atoms. The maximum absolute atomic E-state index is 2.74. The molecule has 4 aliphatic rings. The Hall–Kier alpha value is -6.79. The second-order valence-corrected chi connectivity index (χ2v) is 25.7. The Morgan fingerprint density at radius 1 is 0.394 bits per heavy atom. The number of hydrogen-bond donors (Lipinski definition) is 0. The van der Waals surface area contributed by atoms with Gasteiger partial charge in [0.25, 0.3) is 0 Å². The summed E-state index contributed by atoms with van der Waals surface area (Å²) < 4.78 is 2.59. The lowest BCUT2D eigenvalue weighted by Crippen LogP contribution is -2.75. The van der Waals surface area contributed by atoms with E-state index < -0.39 is 8.07 Å². The Kier molecular flexibility index (Phi) is 10.8. The number of benzene rings is 9. The molecule has 344 valence electrons. The van der Waals surface area contributed by atoms with Crippen molar-refractivity contribution < 1.29 is 0 Å². The van der Waals surface area contributed by atoms with Crippen molar-refractivity contribution in [3.8, 4) is 5.69 Å². The van der Waals surface area contributed by atoms with Crippen LogP contribution in [0.4, 0.5) is 17.1 Å². The van der Waals surface area contributed by atoms with Crippen LogP contribution in [0.2, 0.25) is 0 Å². The lowest BCUT2D eigenvalue weighted by molar-refractivity contribution is 0.444. The Labute approximate surface area is 424 Å². The molecular weight excluding hydrogens is 892 g/mol. The van der Waals surface area contributed by atoms with Crippen molar-refractivity contribution in [3.05, 3.63) is 223 Å². The summed E-state index contributed by atoms with van der Waals surface area (Å²) in [6.45, 7) is 0.0750. The number of rotatable bonds is 8. The number of anilines is 3. The van der Waals surface area contributed by atoms with Crippen LogP contribution in [0.25, 0.3) is 27.5 Å². The molecule has 1 aromatic heterocycles. The van der Waals surface area contributed by atoms with Gasteiger partial charge in [0, 0.05) is 43.3 Å². The molecule has 0 unspecified atom stereocenters. The third kappa shape index (κ3) is 7.06. The van der Waals surface area contributed by atoms with Crippen LogP contribution in [0.5, 0.6) is 0 Å². The summed E-state index contributed by atoms with van der Waals surface area (Å²) in [4.78, 5) is 5.25. The van der Waals surface area contributed by atoms with Crippen molar-refractivity contribution in [3.63, 3.8) is 0 Å². The molecule has 0 atom stereocenters. The van der Waals surface area contributed by atoms with Gasteiger partial charge in [-0.2, -0.15) is 0 Å². The minimum absolute atomic E-state index is 0.0750. The number of para-hydroxylation sites is 1. The highest BCUT2D eigenvalue weighted by molar-refractivity contribution is 8.00. The molecule has 9 aromatic carbocycles. The molecule has 14 rings (SSSR count). The van der Waals surface area contributed by atoms with E-state index >= 15 is 0 Å². The molecular formula is C66H57BN2SSi. The summed E-state index contributed by atoms with van der Waals surface area (Å²) in [6, 6.07) is 82.3. The summed E-state index contributed by atoms with van der Waals surface area (Å²) in [5.41, 5.74) is 14.7. The van der Waals surface area contributed by atoms with Crippen LogP contribution >= 0.6 is 11.8 Å². The molecule has 71 heavy (non-hydrogen) atoms. The van der Waals surface area contributed by atoms with Crippen molar-refractivity contribution in [1.29, 1.82) is 0 Å². The van der Waals surface area contributed by atoms with Crippen molar-refractivity contribution in [2.24, 2.45) is 0 Å². The summed E-state index contributed by atoms with van der Waals surface area (Å²) in [5.74, 6) is 1.31. The van der Waals surface area contributed by atoms with E-state index in [0.29, 0.717) is 11.8 Å². The first-order chi connectivity index (χ1) is 35.2. The van der Waals surface area contributed by atoms with Crippen molar-refractivity contribution >= 4 is 103 Å². The van der Waals surface area contributed by atoms with Crippen LogP contribution in [0.3, 0.4) is 0 Å². The largest absolute Gasteiger partial charge is 0.311 e. The zero-order chi connectivity index (χ0) is 46.9. The molecule has 2 fully saturated rings. The van der Waals surface area contributed by atoms with Gasteiger partial charge in [0.15, 0.2) is 8.07 Å². The van der Waals surface area contributed by atoms with E-state index in [1.165, 1.54) is 167 Å².